The van der Waals surface area contributed by atoms with Crippen molar-refractivity contribution in [1.82, 2.24) is 10.2 Å². The van der Waals surface area contributed by atoms with Crippen molar-refractivity contribution < 1.29 is 19.1 Å². The number of nitrogens with zero attached hydrogens (tertiary/aromatic N) is 1. The summed E-state index contributed by atoms with van der Waals surface area (Å²) >= 11 is 6.49. The van der Waals surface area contributed by atoms with Crippen molar-refractivity contribution in [3.05, 3.63) is 99.6 Å². The van der Waals surface area contributed by atoms with Crippen molar-refractivity contribution in [3.63, 3.8) is 0 Å². The molecule has 1 aliphatic rings. The first-order valence-corrected chi connectivity index (χ1v) is 14.7. The van der Waals surface area contributed by atoms with E-state index in [9.17, 15) is 14.4 Å². The lowest BCUT2D eigenvalue weighted by Gasteiger charge is -2.35. The number of aryl methyl sites for hydroxylation is 3. The molecule has 4 rings (SSSR count). The fraction of sp³-hybridized carbons (Fsp3) is 0.382. The molecule has 0 radical (unpaired) electrons. The number of carbonyl (C=O) groups excluding carboxylic acids is 3. The van der Waals surface area contributed by atoms with Gasteiger partial charge in [0.2, 0.25) is 5.91 Å². The van der Waals surface area contributed by atoms with Crippen molar-refractivity contribution in [3.8, 4) is 0 Å². The maximum atomic E-state index is 14.6. The lowest BCUT2D eigenvalue weighted by Crippen LogP contribution is -2.54. The second-order valence-corrected chi connectivity index (χ2v) is 12.5. The maximum absolute atomic E-state index is 14.6. The zero-order valence-electron chi connectivity index (χ0n) is 25.2. The van der Waals surface area contributed by atoms with Gasteiger partial charge in [0, 0.05) is 12.5 Å². The number of alkyl carbamates (subject to hydrolysis) is 1. The summed E-state index contributed by atoms with van der Waals surface area (Å²) in [5.74, 6) is -0.708. The number of ether oxygens (including phenoxy) is 1. The first kappa shape index (κ1) is 31.1. The molecule has 0 aliphatic heterocycles. The van der Waals surface area contributed by atoms with E-state index in [-0.39, 0.29) is 24.3 Å². The molecular formula is C34H40ClN3O4. The van der Waals surface area contributed by atoms with Crippen molar-refractivity contribution in [2.75, 3.05) is 5.32 Å². The van der Waals surface area contributed by atoms with Crippen LogP contribution in [0.15, 0.2) is 66.7 Å². The van der Waals surface area contributed by atoms with Crippen molar-refractivity contribution >= 4 is 35.2 Å². The molecule has 0 bridgehead atoms. The van der Waals surface area contributed by atoms with Gasteiger partial charge >= 0.3 is 6.09 Å². The second-order valence-electron chi connectivity index (χ2n) is 12.0. The first-order valence-electron chi connectivity index (χ1n) is 14.3. The lowest BCUT2D eigenvalue weighted by molar-refractivity contribution is -0.141. The zero-order valence-corrected chi connectivity index (χ0v) is 25.9. The third-order valence-electron chi connectivity index (χ3n) is 7.19. The van der Waals surface area contributed by atoms with E-state index in [1.165, 1.54) is 0 Å². The summed E-state index contributed by atoms with van der Waals surface area (Å²) in [6, 6.07) is 18.8. The fourth-order valence-corrected chi connectivity index (χ4v) is 5.27. The van der Waals surface area contributed by atoms with Gasteiger partial charge in [-0.2, -0.15) is 0 Å². The van der Waals surface area contributed by atoms with E-state index in [2.05, 4.69) is 10.6 Å². The normalized spacial score (nSPS) is 14.5. The molecule has 222 valence electrons. The lowest BCUT2D eigenvalue weighted by atomic mass is 9.95. The quantitative estimate of drug-likeness (QED) is 0.279. The summed E-state index contributed by atoms with van der Waals surface area (Å²) in [5, 5.41) is 6.26. The smallest absolute Gasteiger partial charge is 0.408 e. The van der Waals surface area contributed by atoms with Crippen LogP contribution >= 0.6 is 11.6 Å². The average molecular weight is 590 g/mol. The minimum atomic E-state index is -0.953. The molecule has 3 aromatic carbocycles. The highest BCUT2D eigenvalue weighted by atomic mass is 35.5. The van der Waals surface area contributed by atoms with Crippen LogP contribution in [0.2, 0.25) is 5.02 Å². The Labute approximate surface area is 253 Å². The number of para-hydroxylation sites is 1. The molecule has 42 heavy (non-hydrogen) atoms. The van der Waals surface area contributed by atoms with E-state index in [0.717, 1.165) is 40.7 Å². The van der Waals surface area contributed by atoms with Gasteiger partial charge in [0.1, 0.15) is 17.7 Å². The highest BCUT2D eigenvalue weighted by molar-refractivity contribution is 6.34. The molecular weight excluding hydrogens is 550 g/mol. The summed E-state index contributed by atoms with van der Waals surface area (Å²) < 4.78 is 5.53. The van der Waals surface area contributed by atoms with Gasteiger partial charge in [0.05, 0.1) is 10.7 Å². The molecule has 1 saturated carbocycles. The number of carbonyl (C=O) groups is 3. The SMILES string of the molecule is Cc1ccc(C)c(C(C(=O)Nc2c(C)cccc2Cl)N(C(=O)C(Cc2ccccc2)NC(=O)OC(C)(C)C)C2CC2)c1. The second kappa shape index (κ2) is 13.0. The van der Waals surface area contributed by atoms with E-state index in [1.807, 2.05) is 81.4 Å². The molecule has 0 saturated heterocycles. The number of benzene rings is 3. The van der Waals surface area contributed by atoms with Gasteiger partial charge in [0.25, 0.3) is 5.91 Å². The molecule has 3 aromatic rings. The Kier molecular flexibility index (Phi) is 9.62. The molecule has 0 heterocycles. The molecule has 2 N–H and O–H groups in total. The van der Waals surface area contributed by atoms with Crippen LogP contribution in [0.3, 0.4) is 0 Å². The van der Waals surface area contributed by atoms with Crippen LogP contribution in [0.1, 0.15) is 67.5 Å². The highest BCUT2D eigenvalue weighted by Crippen LogP contribution is 2.38. The molecule has 2 atom stereocenters. The summed E-state index contributed by atoms with van der Waals surface area (Å²) in [5.41, 5.74) is 4.04. The summed E-state index contributed by atoms with van der Waals surface area (Å²) in [6.07, 6.45) is 1.07. The average Bonchev–Trinajstić information content (AvgIpc) is 3.75. The minimum absolute atomic E-state index is 0.154. The van der Waals surface area contributed by atoms with Gasteiger partial charge < -0.3 is 20.3 Å². The number of anilines is 1. The van der Waals surface area contributed by atoms with E-state index < -0.39 is 23.8 Å². The van der Waals surface area contributed by atoms with Gasteiger partial charge in [0.15, 0.2) is 0 Å². The van der Waals surface area contributed by atoms with Crippen molar-refractivity contribution in [2.45, 2.75) is 84.5 Å². The fourth-order valence-electron chi connectivity index (χ4n) is 5.00. The molecule has 0 spiro atoms. The Bertz CT molecular complexity index is 1430. The standard InChI is InChI=1S/C34H40ClN3O4/c1-21-15-16-22(2)26(19-21)30(31(39)37-29-23(3)11-10-14-27(29)35)38(25-17-18-25)32(40)28(20-24-12-8-7-9-13-24)36-33(41)42-34(4,5)6/h7-16,19,25,28,30H,17-18,20H2,1-6H3,(H,36,41)(H,37,39). The monoisotopic (exact) mass is 589 g/mol. The number of rotatable bonds is 9. The topological polar surface area (TPSA) is 87.7 Å². The Balaban J connectivity index is 1.77. The maximum Gasteiger partial charge on any atom is 0.408 e. The van der Waals surface area contributed by atoms with Crippen LogP contribution < -0.4 is 10.6 Å². The Hall–Kier alpha value is -3.84. The summed E-state index contributed by atoms with van der Waals surface area (Å²) in [7, 11) is 0. The predicted molar refractivity (Wildman–Crippen MR) is 167 cm³/mol. The van der Waals surface area contributed by atoms with Gasteiger partial charge in [-0.05, 0) is 82.7 Å². The summed E-state index contributed by atoms with van der Waals surface area (Å²) in [6.45, 7) is 11.1. The van der Waals surface area contributed by atoms with Gasteiger partial charge in [-0.3, -0.25) is 9.59 Å². The van der Waals surface area contributed by atoms with Crippen LogP contribution in [-0.4, -0.2) is 40.5 Å². The minimum Gasteiger partial charge on any atom is -0.444 e. The zero-order chi connectivity index (χ0) is 30.6. The molecule has 1 aliphatic carbocycles. The van der Waals surface area contributed by atoms with E-state index in [0.29, 0.717) is 10.7 Å². The number of halogens is 1. The Morgan fingerprint density at radius 1 is 0.952 bits per heavy atom. The number of hydrogen-bond acceptors (Lipinski definition) is 4. The van der Waals surface area contributed by atoms with Crippen molar-refractivity contribution in [2.24, 2.45) is 0 Å². The molecule has 3 amide bonds. The third kappa shape index (κ3) is 7.91. The van der Waals surface area contributed by atoms with Crippen LogP contribution in [0.25, 0.3) is 0 Å². The molecule has 8 heteroatoms. The van der Waals surface area contributed by atoms with Crippen LogP contribution in [0.4, 0.5) is 10.5 Å². The van der Waals surface area contributed by atoms with Gasteiger partial charge in [-0.1, -0.05) is 77.8 Å². The first-order chi connectivity index (χ1) is 19.8. The Morgan fingerprint density at radius 2 is 1.64 bits per heavy atom. The highest BCUT2D eigenvalue weighted by Gasteiger charge is 2.44. The van der Waals surface area contributed by atoms with E-state index in [1.54, 1.807) is 31.7 Å². The molecule has 0 aromatic heterocycles. The van der Waals surface area contributed by atoms with Crippen LogP contribution in [0, 0.1) is 20.8 Å². The van der Waals surface area contributed by atoms with Crippen molar-refractivity contribution in [1.29, 1.82) is 0 Å². The summed E-state index contributed by atoms with van der Waals surface area (Å²) in [4.78, 5) is 43.5. The molecule has 2 unspecified atom stereocenters. The Morgan fingerprint density at radius 3 is 2.26 bits per heavy atom. The number of amides is 3. The number of hydrogen-bond donors (Lipinski definition) is 2. The number of nitrogens with one attached hydrogen (secondary N) is 2. The van der Waals surface area contributed by atoms with Crippen LogP contribution in [0.5, 0.6) is 0 Å². The largest absolute Gasteiger partial charge is 0.444 e. The van der Waals surface area contributed by atoms with Gasteiger partial charge in [-0.25, -0.2) is 4.79 Å². The molecule has 7 nitrogen and oxygen atoms in total. The van der Waals surface area contributed by atoms with Gasteiger partial charge in [-0.15, -0.1) is 0 Å². The van der Waals surface area contributed by atoms with E-state index in [4.69, 9.17) is 16.3 Å². The van der Waals surface area contributed by atoms with E-state index >= 15 is 0 Å². The third-order valence-corrected chi connectivity index (χ3v) is 7.51. The molecule has 1 fully saturated rings. The van der Waals surface area contributed by atoms with Crippen LogP contribution in [-0.2, 0) is 20.7 Å². The predicted octanol–water partition coefficient (Wildman–Crippen LogP) is 7.07.